The molecule has 0 saturated heterocycles. The molecule has 1 N–H and O–H groups in total. The van der Waals surface area contributed by atoms with E-state index in [-0.39, 0.29) is 24.4 Å². The van der Waals surface area contributed by atoms with Gasteiger partial charge in [0.1, 0.15) is 18.3 Å². The van der Waals surface area contributed by atoms with E-state index in [0.717, 1.165) is 11.4 Å². The minimum absolute atomic E-state index is 0.109. The van der Waals surface area contributed by atoms with Crippen molar-refractivity contribution in [3.8, 4) is 5.75 Å². The molecule has 8 heteroatoms. The van der Waals surface area contributed by atoms with Gasteiger partial charge in [0, 0.05) is 28.3 Å². The Morgan fingerprint density at radius 1 is 1.23 bits per heavy atom. The SMILES string of the molecule is CCSCCOC(=O)C1=C(C)NC2=C(C(=O)[C@H](C(=O)OC)[C@@H](C)C2)[C@H]1c1ccccc1OC(C)C. The van der Waals surface area contributed by atoms with Crippen LogP contribution in [-0.4, -0.2) is 49.0 Å². The molecule has 0 amide bonds. The fraction of sp³-hybridized carbons (Fsp3) is 0.519. The number of carbonyl (C=O) groups is 3. The number of benzene rings is 1. The first-order valence-electron chi connectivity index (χ1n) is 12.0. The summed E-state index contributed by atoms with van der Waals surface area (Å²) in [6.45, 7) is 9.85. The van der Waals surface area contributed by atoms with E-state index >= 15 is 0 Å². The number of dihydropyridines is 1. The van der Waals surface area contributed by atoms with Crippen LogP contribution in [0.3, 0.4) is 0 Å². The van der Waals surface area contributed by atoms with Crippen LogP contribution in [0.5, 0.6) is 5.75 Å². The third kappa shape index (κ3) is 5.74. The molecule has 1 heterocycles. The second kappa shape index (κ2) is 11.8. The molecule has 3 rings (SSSR count). The second-order valence-electron chi connectivity index (χ2n) is 9.07. The number of allylic oxidation sites excluding steroid dienone is 3. The van der Waals surface area contributed by atoms with Gasteiger partial charge in [0.05, 0.1) is 24.7 Å². The Bertz CT molecular complexity index is 1040. The van der Waals surface area contributed by atoms with E-state index in [4.69, 9.17) is 14.2 Å². The van der Waals surface area contributed by atoms with Crippen molar-refractivity contribution in [1.82, 2.24) is 5.32 Å². The predicted molar refractivity (Wildman–Crippen MR) is 136 cm³/mol. The summed E-state index contributed by atoms with van der Waals surface area (Å²) in [6.07, 6.45) is 0.375. The topological polar surface area (TPSA) is 90.9 Å². The van der Waals surface area contributed by atoms with Crippen molar-refractivity contribution in [3.05, 3.63) is 52.4 Å². The Labute approximate surface area is 211 Å². The van der Waals surface area contributed by atoms with Gasteiger partial charge in [-0.15, -0.1) is 0 Å². The van der Waals surface area contributed by atoms with Gasteiger partial charge in [0.25, 0.3) is 0 Å². The molecule has 0 aromatic heterocycles. The maximum Gasteiger partial charge on any atom is 0.336 e. The van der Waals surface area contributed by atoms with Crippen LogP contribution in [0.1, 0.15) is 52.5 Å². The average molecular weight is 502 g/mol. The van der Waals surface area contributed by atoms with Crippen molar-refractivity contribution in [1.29, 1.82) is 0 Å². The number of para-hydroxylation sites is 1. The Morgan fingerprint density at radius 2 is 1.94 bits per heavy atom. The molecule has 190 valence electrons. The highest BCUT2D eigenvalue weighted by atomic mass is 32.2. The minimum atomic E-state index is -0.933. The van der Waals surface area contributed by atoms with Crippen molar-refractivity contribution in [3.63, 3.8) is 0 Å². The van der Waals surface area contributed by atoms with E-state index in [0.29, 0.717) is 40.3 Å². The van der Waals surface area contributed by atoms with Gasteiger partial charge in [-0.2, -0.15) is 11.8 Å². The summed E-state index contributed by atoms with van der Waals surface area (Å²) in [4.78, 5) is 39.8. The lowest BCUT2D eigenvalue weighted by Crippen LogP contribution is -2.43. The highest BCUT2D eigenvalue weighted by Crippen LogP contribution is 2.47. The zero-order chi connectivity index (χ0) is 25.7. The van der Waals surface area contributed by atoms with Crippen molar-refractivity contribution in [2.75, 3.05) is 25.2 Å². The molecular weight excluding hydrogens is 466 g/mol. The van der Waals surface area contributed by atoms with Crippen LogP contribution >= 0.6 is 11.8 Å². The number of hydrogen-bond acceptors (Lipinski definition) is 8. The van der Waals surface area contributed by atoms with Crippen LogP contribution in [0.4, 0.5) is 0 Å². The summed E-state index contributed by atoms with van der Waals surface area (Å²) in [6, 6.07) is 7.41. The highest BCUT2D eigenvalue weighted by molar-refractivity contribution is 7.99. The molecule has 35 heavy (non-hydrogen) atoms. The Morgan fingerprint density at radius 3 is 2.60 bits per heavy atom. The van der Waals surface area contributed by atoms with Gasteiger partial charge in [-0.25, -0.2) is 4.79 Å². The van der Waals surface area contributed by atoms with Gasteiger partial charge < -0.3 is 19.5 Å². The third-order valence-electron chi connectivity index (χ3n) is 6.22. The number of ether oxygens (including phenoxy) is 3. The minimum Gasteiger partial charge on any atom is -0.491 e. The maximum atomic E-state index is 13.8. The molecule has 0 spiro atoms. The summed E-state index contributed by atoms with van der Waals surface area (Å²) >= 11 is 1.69. The lowest BCUT2D eigenvalue weighted by atomic mass is 9.69. The van der Waals surface area contributed by atoms with Crippen LogP contribution in [0, 0.1) is 11.8 Å². The van der Waals surface area contributed by atoms with Gasteiger partial charge in [-0.05, 0) is 44.9 Å². The number of methoxy groups -OCH3 is 1. The smallest absolute Gasteiger partial charge is 0.336 e. The number of esters is 2. The molecule has 1 aromatic rings. The van der Waals surface area contributed by atoms with Crippen molar-refractivity contribution >= 4 is 29.5 Å². The number of thioether (sulfide) groups is 1. The Balaban J connectivity index is 2.14. The number of nitrogens with one attached hydrogen (secondary N) is 1. The van der Waals surface area contributed by atoms with E-state index in [1.54, 1.807) is 11.8 Å². The number of hydrogen-bond donors (Lipinski definition) is 1. The molecular formula is C27H35NO6S. The number of ketones is 1. The predicted octanol–water partition coefficient (Wildman–Crippen LogP) is 4.38. The first kappa shape index (κ1) is 26.9. The van der Waals surface area contributed by atoms with E-state index in [9.17, 15) is 14.4 Å². The second-order valence-corrected chi connectivity index (χ2v) is 10.5. The van der Waals surface area contributed by atoms with Gasteiger partial charge >= 0.3 is 11.9 Å². The van der Waals surface area contributed by atoms with Gasteiger partial charge in [0.15, 0.2) is 5.78 Å². The largest absolute Gasteiger partial charge is 0.491 e. The van der Waals surface area contributed by atoms with Crippen LogP contribution < -0.4 is 10.1 Å². The molecule has 0 bridgehead atoms. The van der Waals surface area contributed by atoms with Crippen LogP contribution in [0.15, 0.2) is 46.8 Å². The number of Topliss-reactive ketones (excluding diaryl/α,β-unsaturated/α-hetero) is 1. The molecule has 3 atom stereocenters. The lowest BCUT2D eigenvalue weighted by molar-refractivity contribution is -0.151. The summed E-state index contributed by atoms with van der Waals surface area (Å²) in [5, 5.41) is 3.29. The van der Waals surface area contributed by atoms with Crippen LogP contribution in [-0.2, 0) is 23.9 Å². The molecule has 1 aliphatic heterocycles. The molecule has 0 radical (unpaired) electrons. The van der Waals surface area contributed by atoms with Crippen molar-refractivity contribution < 1.29 is 28.6 Å². The monoisotopic (exact) mass is 501 g/mol. The molecule has 0 fully saturated rings. The molecule has 1 aromatic carbocycles. The Hall–Kier alpha value is -2.74. The molecule has 1 aliphatic carbocycles. The van der Waals surface area contributed by atoms with Crippen molar-refractivity contribution in [2.24, 2.45) is 11.8 Å². The first-order chi connectivity index (χ1) is 16.7. The number of carbonyl (C=O) groups excluding carboxylic acids is 3. The van der Waals surface area contributed by atoms with E-state index in [1.165, 1.54) is 7.11 Å². The first-order valence-corrected chi connectivity index (χ1v) is 13.2. The van der Waals surface area contributed by atoms with Crippen LogP contribution in [0.25, 0.3) is 0 Å². The summed E-state index contributed by atoms with van der Waals surface area (Å²) < 4.78 is 16.7. The zero-order valence-electron chi connectivity index (χ0n) is 21.3. The summed E-state index contributed by atoms with van der Waals surface area (Å²) in [7, 11) is 1.29. The molecule has 0 saturated carbocycles. The maximum absolute atomic E-state index is 13.8. The fourth-order valence-corrected chi connectivity index (χ4v) is 5.25. The fourth-order valence-electron chi connectivity index (χ4n) is 4.76. The van der Waals surface area contributed by atoms with Gasteiger partial charge in [0.2, 0.25) is 0 Å². The number of rotatable bonds is 9. The van der Waals surface area contributed by atoms with E-state index in [1.807, 2.05) is 58.9 Å². The van der Waals surface area contributed by atoms with E-state index < -0.39 is 23.8 Å². The van der Waals surface area contributed by atoms with Crippen LogP contribution in [0.2, 0.25) is 0 Å². The zero-order valence-corrected chi connectivity index (χ0v) is 22.1. The quantitative estimate of drug-likeness (QED) is 0.303. The molecule has 2 aliphatic rings. The van der Waals surface area contributed by atoms with Gasteiger partial charge in [-0.1, -0.05) is 32.0 Å². The normalized spacial score (nSPS) is 22.0. The third-order valence-corrected chi connectivity index (χ3v) is 7.08. The Kier molecular flexibility index (Phi) is 9.05. The lowest BCUT2D eigenvalue weighted by Gasteiger charge is -2.38. The molecule has 0 unspecified atom stereocenters. The highest BCUT2D eigenvalue weighted by Gasteiger charge is 2.47. The summed E-state index contributed by atoms with van der Waals surface area (Å²) in [5.74, 6) is -1.07. The standard InChI is InChI=1S/C27H35NO6S/c1-7-35-13-12-33-27(31)22-17(5)28-19-14-16(4)21(26(30)32-6)25(29)24(19)23(22)18-10-8-9-11-20(18)34-15(2)3/h8-11,15-16,21,23,28H,7,12-14H2,1-6H3/t16-,21+,23-/m0/s1. The van der Waals surface area contributed by atoms with Crippen molar-refractivity contribution in [2.45, 2.75) is 53.1 Å². The average Bonchev–Trinajstić information content (AvgIpc) is 2.80. The summed E-state index contributed by atoms with van der Waals surface area (Å²) in [5.41, 5.74) is 2.81. The van der Waals surface area contributed by atoms with E-state index in [2.05, 4.69) is 5.32 Å². The molecule has 7 nitrogen and oxygen atoms in total. The van der Waals surface area contributed by atoms with Gasteiger partial charge in [-0.3, -0.25) is 9.59 Å².